The zero-order valence-electron chi connectivity index (χ0n) is 16.7. The number of nitrogens with zero attached hydrogens (tertiary/aromatic N) is 2. The number of hydrogen-bond donors (Lipinski definition) is 1. The molecule has 0 unspecified atom stereocenters. The number of carbonyl (C=O) groups excluding carboxylic acids is 1. The number of thioether (sulfide) groups is 1. The summed E-state index contributed by atoms with van der Waals surface area (Å²) in [7, 11) is 2.16. The highest BCUT2D eigenvalue weighted by Gasteiger charge is 2.39. The Balaban J connectivity index is 1.29. The molecule has 1 N–H and O–H groups in total. The summed E-state index contributed by atoms with van der Waals surface area (Å²) in [5.41, 5.74) is 1.20. The number of rotatable bonds is 5. The molecule has 8 heteroatoms. The number of benzene rings is 2. The van der Waals surface area contributed by atoms with Crippen LogP contribution in [0.15, 0.2) is 53.4 Å². The summed E-state index contributed by atoms with van der Waals surface area (Å²) in [6, 6.07) is 13.3. The van der Waals surface area contributed by atoms with E-state index in [0.29, 0.717) is 10.9 Å². The first-order valence-electron chi connectivity index (χ1n) is 9.95. The van der Waals surface area contributed by atoms with Crippen molar-refractivity contribution in [1.29, 1.82) is 0 Å². The lowest BCUT2D eigenvalue weighted by Gasteiger charge is -2.26. The van der Waals surface area contributed by atoms with E-state index >= 15 is 0 Å². The third-order valence-electron chi connectivity index (χ3n) is 5.76. The van der Waals surface area contributed by atoms with Crippen molar-refractivity contribution in [3.63, 3.8) is 0 Å². The second-order valence-electron chi connectivity index (χ2n) is 7.94. The standard InChI is InChI=1S/C22H24F3N3OS/c1-27-12-15-10-11-28(20(15)13-27)18-6-4-17(5-7-18)26-21(29)14-30-19-8-2-16(3-9-19)22(23,24)25/h2-9,15,20H,10-14H2,1H3,(H,26,29)/t15-,20+/m0/s1. The topological polar surface area (TPSA) is 35.6 Å². The van der Waals surface area contributed by atoms with Crippen molar-refractivity contribution >= 4 is 29.0 Å². The zero-order valence-corrected chi connectivity index (χ0v) is 17.5. The Kier molecular flexibility index (Phi) is 5.97. The Morgan fingerprint density at radius 3 is 2.47 bits per heavy atom. The van der Waals surface area contributed by atoms with Gasteiger partial charge in [-0.25, -0.2) is 0 Å². The third-order valence-corrected chi connectivity index (χ3v) is 6.78. The van der Waals surface area contributed by atoms with Crippen molar-refractivity contribution in [2.45, 2.75) is 23.5 Å². The Morgan fingerprint density at radius 2 is 1.80 bits per heavy atom. The predicted molar refractivity (Wildman–Crippen MR) is 114 cm³/mol. The minimum atomic E-state index is -4.35. The molecule has 2 heterocycles. The molecule has 2 aliphatic heterocycles. The highest BCUT2D eigenvalue weighted by molar-refractivity contribution is 8.00. The van der Waals surface area contributed by atoms with Gasteiger partial charge in [-0.15, -0.1) is 11.8 Å². The summed E-state index contributed by atoms with van der Waals surface area (Å²) in [5, 5.41) is 2.85. The number of likely N-dealkylation sites (N-methyl/N-ethyl adjacent to an activating group) is 1. The number of amides is 1. The maximum absolute atomic E-state index is 12.6. The van der Waals surface area contributed by atoms with Gasteiger partial charge in [-0.1, -0.05) is 0 Å². The molecule has 2 aromatic rings. The van der Waals surface area contributed by atoms with E-state index in [0.717, 1.165) is 43.4 Å². The number of likely N-dealkylation sites (tertiary alicyclic amines) is 1. The van der Waals surface area contributed by atoms with Crippen LogP contribution in [-0.2, 0) is 11.0 Å². The number of nitrogens with one attached hydrogen (secondary N) is 1. The van der Waals surface area contributed by atoms with Gasteiger partial charge < -0.3 is 15.1 Å². The van der Waals surface area contributed by atoms with Crippen molar-refractivity contribution < 1.29 is 18.0 Å². The van der Waals surface area contributed by atoms with Gasteiger partial charge in [-0.05, 0) is 67.9 Å². The van der Waals surface area contributed by atoms with Crippen LogP contribution in [0.5, 0.6) is 0 Å². The number of carbonyl (C=O) groups is 1. The fourth-order valence-corrected chi connectivity index (χ4v) is 5.01. The average Bonchev–Trinajstić information content (AvgIpc) is 3.26. The molecule has 4 rings (SSSR count). The lowest BCUT2D eigenvalue weighted by Crippen LogP contribution is -2.34. The second kappa shape index (κ2) is 8.51. The summed E-state index contributed by atoms with van der Waals surface area (Å²) >= 11 is 1.21. The van der Waals surface area contributed by atoms with Gasteiger partial charge in [0, 0.05) is 41.9 Å². The van der Waals surface area contributed by atoms with Crippen LogP contribution in [0.1, 0.15) is 12.0 Å². The summed E-state index contributed by atoms with van der Waals surface area (Å²) in [5.74, 6) is 0.679. The smallest absolute Gasteiger partial charge is 0.367 e. The van der Waals surface area contributed by atoms with Crippen LogP contribution in [0, 0.1) is 5.92 Å². The van der Waals surface area contributed by atoms with Gasteiger partial charge in [0.1, 0.15) is 0 Å². The molecule has 0 saturated carbocycles. The summed E-state index contributed by atoms with van der Waals surface area (Å²) in [6.07, 6.45) is -3.13. The molecule has 1 amide bonds. The first-order chi connectivity index (χ1) is 14.3. The van der Waals surface area contributed by atoms with E-state index in [4.69, 9.17) is 0 Å². The Hall–Kier alpha value is -2.19. The van der Waals surface area contributed by atoms with E-state index in [9.17, 15) is 18.0 Å². The summed E-state index contributed by atoms with van der Waals surface area (Å²) < 4.78 is 37.8. The highest BCUT2D eigenvalue weighted by Crippen LogP contribution is 2.35. The second-order valence-corrected chi connectivity index (χ2v) is 8.99. The monoisotopic (exact) mass is 435 g/mol. The predicted octanol–water partition coefficient (Wildman–Crippen LogP) is 4.58. The lowest BCUT2D eigenvalue weighted by molar-refractivity contribution is -0.137. The fraction of sp³-hybridized carbons (Fsp3) is 0.409. The quantitative estimate of drug-likeness (QED) is 0.698. The third kappa shape index (κ3) is 4.75. The van der Waals surface area contributed by atoms with Crippen molar-refractivity contribution in [3.8, 4) is 0 Å². The van der Waals surface area contributed by atoms with E-state index in [1.807, 2.05) is 24.3 Å². The molecule has 0 spiro atoms. The Bertz CT molecular complexity index is 886. The van der Waals surface area contributed by atoms with E-state index in [1.54, 1.807) is 0 Å². The maximum atomic E-state index is 12.6. The molecule has 0 radical (unpaired) electrons. The number of alkyl halides is 3. The highest BCUT2D eigenvalue weighted by atomic mass is 32.2. The Labute approximate surface area is 178 Å². The van der Waals surface area contributed by atoms with Crippen molar-refractivity contribution in [1.82, 2.24) is 4.90 Å². The molecule has 0 aromatic heterocycles. The average molecular weight is 436 g/mol. The van der Waals surface area contributed by atoms with Crippen LogP contribution >= 0.6 is 11.8 Å². The maximum Gasteiger partial charge on any atom is 0.416 e. The minimum Gasteiger partial charge on any atom is -0.367 e. The lowest BCUT2D eigenvalue weighted by atomic mass is 10.0. The molecule has 30 heavy (non-hydrogen) atoms. The van der Waals surface area contributed by atoms with E-state index in [1.165, 1.54) is 36.0 Å². The molecule has 2 saturated heterocycles. The van der Waals surface area contributed by atoms with Gasteiger partial charge in [0.05, 0.1) is 11.3 Å². The molecular formula is C22H24F3N3OS. The van der Waals surface area contributed by atoms with Gasteiger partial charge in [-0.3, -0.25) is 4.79 Å². The van der Waals surface area contributed by atoms with E-state index in [-0.39, 0.29) is 11.7 Å². The van der Waals surface area contributed by atoms with Crippen LogP contribution in [0.4, 0.5) is 24.5 Å². The van der Waals surface area contributed by atoms with Gasteiger partial charge in [-0.2, -0.15) is 13.2 Å². The van der Waals surface area contributed by atoms with Crippen LogP contribution in [0.3, 0.4) is 0 Å². The number of hydrogen-bond acceptors (Lipinski definition) is 4. The number of anilines is 2. The largest absolute Gasteiger partial charge is 0.416 e. The van der Waals surface area contributed by atoms with Crippen LogP contribution < -0.4 is 10.2 Å². The van der Waals surface area contributed by atoms with E-state index < -0.39 is 11.7 Å². The molecule has 2 aromatic carbocycles. The normalized spacial score (nSPS) is 21.7. The van der Waals surface area contributed by atoms with Gasteiger partial charge >= 0.3 is 6.18 Å². The number of fused-ring (bicyclic) bond motifs is 1. The zero-order chi connectivity index (χ0) is 21.3. The molecule has 4 nitrogen and oxygen atoms in total. The van der Waals surface area contributed by atoms with Crippen molar-refractivity contribution in [2.24, 2.45) is 5.92 Å². The molecule has 0 aliphatic carbocycles. The Morgan fingerprint density at radius 1 is 1.10 bits per heavy atom. The van der Waals surface area contributed by atoms with Crippen LogP contribution in [0.25, 0.3) is 0 Å². The SMILES string of the molecule is CN1C[C@@H]2CCN(c3ccc(NC(=O)CSc4ccc(C(F)(F)F)cc4)cc3)[C@@H]2C1. The van der Waals surface area contributed by atoms with Crippen molar-refractivity contribution in [3.05, 3.63) is 54.1 Å². The molecule has 160 valence electrons. The number of halogens is 3. The van der Waals surface area contributed by atoms with Crippen molar-refractivity contribution in [2.75, 3.05) is 42.7 Å². The van der Waals surface area contributed by atoms with Crippen LogP contribution in [-0.4, -0.2) is 49.3 Å². The summed E-state index contributed by atoms with van der Waals surface area (Å²) in [6.45, 7) is 3.31. The molecular weight excluding hydrogens is 411 g/mol. The van der Waals surface area contributed by atoms with Gasteiger partial charge in [0.2, 0.25) is 5.91 Å². The van der Waals surface area contributed by atoms with Crippen LogP contribution in [0.2, 0.25) is 0 Å². The molecule has 2 atom stereocenters. The van der Waals surface area contributed by atoms with Gasteiger partial charge in [0.15, 0.2) is 0 Å². The molecule has 0 bridgehead atoms. The minimum absolute atomic E-state index is 0.134. The molecule has 2 fully saturated rings. The first kappa shape index (κ1) is 21.1. The molecule has 2 aliphatic rings. The van der Waals surface area contributed by atoms with Gasteiger partial charge in [0.25, 0.3) is 0 Å². The van der Waals surface area contributed by atoms with E-state index in [2.05, 4.69) is 22.2 Å². The summed E-state index contributed by atoms with van der Waals surface area (Å²) in [4.78, 5) is 17.7. The fourth-order valence-electron chi connectivity index (χ4n) is 4.32. The first-order valence-corrected chi connectivity index (χ1v) is 10.9.